The van der Waals surface area contributed by atoms with Crippen molar-refractivity contribution < 1.29 is 23.9 Å². The summed E-state index contributed by atoms with van der Waals surface area (Å²) in [5.74, 6) is -0.894. The minimum atomic E-state index is -0.631. The Morgan fingerprint density at radius 1 is 1.13 bits per heavy atom. The second-order valence-electron chi connectivity index (χ2n) is 9.14. The van der Waals surface area contributed by atoms with Gasteiger partial charge in [0.25, 0.3) is 5.91 Å². The van der Waals surface area contributed by atoms with Crippen molar-refractivity contribution in [3.63, 3.8) is 0 Å². The largest absolute Gasteiger partial charge is 0.444 e. The topological polar surface area (TPSA) is 96.0 Å². The van der Waals surface area contributed by atoms with Crippen LogP contribution in [0.4, 0.5) is 4.79 Å². The summed E-state index contributed by atoms with van der Waals surface area (Å²) in [4.78, 5) is 52.3. The smallest absolute Gasteiger partial charge is 0.410 e. The molecular formula is C23H27N3O5. The van der Waals surface area contributed by atoms with Crippen LogP contribution < -0.4 is 5.32 Å². The van der Waals surface area contributed by atoms with E-state index < -0.39 is 17.6 Å². The average Bonchev–Trinajstić information content (AvgIpc) is 3.03. The molecular weight excluding hydrogens is 398 g/mol. The lowest BCUT2D eigenvalue weighted by molar-refractivity contribution is -0.136. The van der Waals surface area contributed by atoms with Gasteiger partial charge in [-0.25, -0.2) is 4.79 Å². The molecule has 8 nitrogen and oxygen atoms in total. The second-order valence-corrected chi connectivity index (χ2v) is 9.14. The van der Waals surface area contributed by atoms with Crippen LogP contribution in [0.2, 0.25) is 0 Å². The predicted octanol–water partition coefficient (Wildman–Crippen LogP) is 2.47. The minimum Gasteiger partial charge on any atom is -0.444 e. The number of carbonyl (C=O) groups is 4. The van der Waals surface area contributed by atoms with Crippen LogP contribution in [0.1, 0.15) is 61.5 Å². The highest BCUT2D eigenvalue weighted by atomic mass is 16.6. The number of hydrogen-bond donors (Lipinski definition) is 1. The molecule has 31 heavy (non-hydrogen) atoms. The lowest BCUT2D eigenvalue weighted by atomic mass is 9.93. The van der Waals surface area contributed by atoms with Crippen molar-refractivity contribution in [2.24, 2.45) is 0 Å². The number of hydrogen-bond acceptors (Lipinski definition) is 5. The van der Waals surface area contributed by atoms with Crippen molar-refractivity contribution >= 4 is 29.4 Å². The average molecular weight is 425 g/mol. The highest BCUT2D eigenvalue weighted by Gasteiger charge is 2.40. The first-order valence-corrected chi connectivity index (χ1v) is 10.6. The Bertz CT molecular complexity index is 991. The molecule has 8 heteroatoms. The molecule has 3 aliphatic heterocycles. The summed E-state index contributed by atoms with van der Waals surface area (Å²) in [7, 11) is 0. The second kappa shape index (κ2) is 7.83. The zero-order chi connectivity index (χ0) is 22.3. The van der Waals surface area contributed by atoms with Crippen molar-refractivity contribution in [2.45, 2.75) is 58.2 Å². The summed E-state index contributed by atoms with van der Waals surface area (Å²) in [6.07, 6.45) is 2.90. The Balaban J connectivity index is 1.52. The molecule has 0 radical (unpaired) electrons. The Morgan fingerprint density at radius 3 is 2.52 bits per heavy atom. The van der Waals surface area contributed by atoms with E-state index in [0.29, 0.717) is 38.0 Å². The number of imide groups is 1. The molecule has 164 valence electrons. The van der Waals surface area contributed by atoms with Crippen molar-refractivity contribution in [1.29, 1.82) is 0 Å². The molecule has 0 aromatic heterocycles. The summed E-state index contributed by atoms with van der Waals surface area (Å²) >= 11 is 0. The van der Waals surface area contributed by atoms with Gasteiger partial charge in [0.2, 0.25) is 11.8 Å². The summed E-state index contributed by atoms with van der Waals surface area (Å²) in [5.41, 5.74) is 3.01. The van der Waals surface area contributed by atoms with Crippen molar-refractivity contribution in [2.75, 3.05) is 13.1 Å². The molecule has 1 aromatic rings. The quantitative estimate of drug-likeness (QED) is 0.735. The molecule has 0 aliphatic carbocycles. The molecule has 1 aromatic carbocycles. The fourth-order valence-corrected chi connectivity index (χ4v) is 4.29. The van der Waals surface area contributed by atoms with Crippen LogP contribution in [0, 0.1) is 0 Å². The zero-order valence-corrected chi connectivity index (χ0v) is 18.1. The molecule has 1 atom stereocenters. The van der Waals surface area contributed by atoms with E-state index in [-0.39, 0.29) is 24.3 Å². The van der Waals surface area contributed by atoms with E-state index in [9.17, 15) is 19.2 Å². The maximum absolute atomic E-state index is 13.0. The molecule has 4 rings (SSSR count). The van der Waals surface area contributed by atoms with Gasteiger partial charge in [-0.3, -0.25) is 19.7 Å². The maximum Gasteiger partial charge on any atom is 0.410 e. The van der Waals surface area contributed by atoms with E-state index in [1.807, 2.05) is 39.0 Å². The fourth-order valence-electron chi connectivity index (χ4n) is 4.29. The van der Waals surface area contributed by atoms with Gasteiger partial charge < -0.3 is 14.5 Å². The first-order valence-electron chi connectivity index (χ1n) is 10.6. The van der Waals surface area contributed by atoms with Gasteiger partial charge >= 0.3 is 6.09 Å². The first-order chi connectivity index (χ1) is 14.6. The monoisotopic (exact) mass is 425 g/mol. The number of ether oxygens (including phenoxy) is 1. The summed E-state index contributed by atoms with van der Waals surface area (Å²) < 4.78 is 5.45. The first kappa shape index (κ1) is 21.1. The fraction of sp³-hybridized carbons (Fsp3) is 0.478. The van der Waals surface area contributed by atoms with Gasteiger partial charge in [0.15, 0.2) is 0 Å². The molecule has 1 saturated heterocycles. The van der Waals surface area contributed by atoms with E-state index >= 15 is 0 Å². The van der Waals surface area contributed by atoms with Crippen LogP contribution in [-0.2, 0) is 20.9 Å². The number of fused-ring (bicyclic) bond motifs is 1. The summed E-state index contributed by atoms with van der Waals surface area (Å²) in [6, 6.07) is 4.98. The predicted molar refractivity (Wildman–Crippen MR) is 113 cm³/mol. The summed E-state index contributed by atoms with van der Waals surface area (Å²) in [6.45, 7) is 6.84. The highest BCUT2D eigenvalue weighted by molar-refractivity contribution is 6.06. The van der Waals surface area contributed by atoms with Gasteiger partial charge in [-0.2, -0.15) is 0 Å². The number of amides is 4. The van der Waals surface area contributed by atoms with Gasteiger partial charge in [-0.15, -0.1) is 0 Å². The molecule has 0 bridgehead atoms. The molecule has 0 saturated carbocycles. The third kappa shape index (κ3) is 4.19. The van der Waals surface area contributed by atoms with E-state index in [0.717, 1.165) is 16.7 Å². The van der Waals surface area contributed by atoms with Gasteiger partial charge in [0.05, 0.1) is 0 Å². The van der Waals surface area contributed by atoms with Crippen LogP contribution in [0.5, 0.6) is 0 Å². The number of piperidine rings is 1. The molecule has 3 aliphatic rings. The van der Waals surface area contributed by atoms with Crippen LogP contribution in [0.15, 0.2) is 24.3 Å². The standard InChI is InChI=1S/C23H27N3O5/c1-23(2,3)31-22(30)25-11-9-14(10-12-25)15-5-4-6-16-17(15)13-26(21(16)29)18-7-8-19(27)24-20(18)28/h4-6,9,18H,7-8,10-13H2,1-3H3,(H,24,27,28). The van der Waals surface area contributed by atoms with E-state index in [1.54, 1.807) is 15.9 Å². The third-order valence-electron chi connectivity index (χ3n) is 5.79. The Morgan fingerprint density at radius 2 is 1.87 bits per heavy atom. The number of nitrogens with zero attached hydrogens (tertiary/aromatic N) is 2. The normalized spacial score (nSPS) is 21.6. The van der Waals surface area contributed by atoms with Crippen LogP contribution in [0.3, 0.4) is 0 Å². The molecule has 4 amide bonds. The third-order valence-corrected chi connectivity index (χ3v) is 5.79. The molecule has 1 unspecified atom stereocenters. The van der Waals surface area contributed by atoms with Crippen molar-refractivity contribution in [1.82, 2.24) is 15.1 Å². The highest BCUT2D eigenvalue weighted by Crippen LogP contribution is 2.34. The van der Waals surface area contributed by atoms with Crippen LogP contribution >= 0.6 is 0 Å². The number of rotatable bonds is 2. The van der Waals surface area contributed by atoms with Gasteiger partial charge in [-0.1, -0.05) is 18.2 Å². The van der Waals surface area contributed by atoms with Gasteiger partial charge in [0, 0.05) is 31.6 Å². The van der Waals surface area contributed by atoms with Crippen molar-refractivity contribution in [3.05, 3.63) is 41.0 Å². The van der Waals surface area contributed by atoms with Crippen molar-refractivity contribution in [3.8, 4) is 0 Å². The Labute approximate surface area is 181 Å². The molecule has 0 spiro atoms. The maximum atomic E-state index is 13.0. The van der Waals surface area contributed by atoms with Gasteiger partial charge in [-0.05, 0) is 56.4 Å². The van der Waals surface area contributed by atoms with Crippen LogP contribution in [0.25, 0.3) is 5.57 Å². The number of benzene rings is 1. The SMILES string of the molecule is CC(C)(C)OC(=O)N1CC=C(c2cccc3c2CN(C2CCC(=O)NC2=O)C3=O)CC1. The zero-order valence-electron chi connectivity index (χ0n) is 18.1. The molecule has 1 fully saturated rings. The summed E-state index contributed by atoms with van der Waals surface area (Å²) in [5, 5.41) is 2.33. The Kier molecular flexibility index (Phi) is 5.33. The van der Waals surface area contributed by atoms with E-state index in [1.165, 1.54) is 0 Å². The lowest BCUT2D eigenvalue weighted by Gasteiger charge is -2.30. The molecule has 3 heterocycles. The number of nitrogens with one attached hydrogen (secondary N) is 1. The minimum absolute atomic E-state index is 0.182. The van der Waals surface area contributed by atoms with Crippen LogP contribution in [-0.4, -0.2) is 58.3 Å². The molecule has 1 N–H and O–H groups in total. The Hall–Kier alpha value is -3.16. The van der Waals surface area contributed by atoms with Gasteiger partial charge in [0.1, 0.15) is 11.6 Å². The lowest BCUT2D eigenvalue weighted by Crippen LogP contribution is -2.52. The number of carbonyl (C=O) groups excluding carboxylic acids is 4. The van der Waals surface area contributed by atoms with E-state index in [2.05, 4.69) is 5.32 Å². The van der Waals surface area contributed by atoms with E-state index in [4.69, 9.17) is 4.74 Å².